The molecule has 0 saturated carbocycles. The molecule has 1 amide bonds. The molecule has 0 bridgehead atoms. The fourth-order valence-electron chi connectivity index (χ4n) is 3.16. The molecule has 0 aliphatic carbocycles. The molecule has 0 aromatic heterocycles. The number of rotatable bonds is 1. The first-order chi connectivity index (χ1) is 7.66. The maximum Gasteiger partial charge on any atom is 0.226 e. The zero-order valence-corrected chi connectivity index (χ0v) is 11.8. The highest BCUT2D eigenvalue weighted by molar-refractivity contribution is 5.85. The maximum atomic E-state index is 12.3. The molecule has 0 aromatic carbocycles. The number of carbonyl (C=O) groups is 1. The molecule has 0 spiro atoms. The molecule has 2 fully saturated rings. The standard InChI is InChI=1S/C13H24N2O.ClH/c1-10-6-11(2)9-15(8-10)13(16)12-4-3-5-14-7-12;/h10-12,14H,3-9H2,1-2H3;1H/t10?,11?,12-;/m1./s1. The minimum atomic E-state index is 0. The Hall–Kier alpha value is -0.280. The summed E-state index contributed by atoms with van der Waals surface area (Å²) in [5, 5.41) is 3.33. The van der Waals surface area contributed by atoms with E-state index < -0.39 is 0 Å². The molecule has 3 nitrogen and oxygen atoms in total. The topological polar surface area (TPSA) is 32.3 Å². The third-order valence-electron chi connectivity index (χ3n) is 3.83. The van der Waals surface area contributed by atoms with Gasteiger partial charge in [-0.1, -0.05) is 13.8 Å². The van der Waals surface area contributed by atoms with Crippen LogP contribution in [-0.4, -0.2) is 37.0 Å². The SMILES string of the molecule is CC1CC(C)CN(C(=O)[C@@H]2CCCNC2)C1.Cl. The van der Waals surface area contributed by atoms with Gasteiger partial charge in [0, 0.05) is 19.6 Å². The van der Waals surface area contributed by atoms with E-state index in [0.717, 1.165) is 39.0 Å². The van der Waals surface area contributed by atoms with Crippen molar-refractivity contribution >= 4 is 18.3 Å². The van der Waals surface area contributed by atoms with Crippen molar-refractivity contribution in [1.82, 2.24) is 10.2 Å². The normalized spacial score (nSPS) is 34.0. The lowest BCUT2D eigenvalue weighted by Gasteiger charge is -2.37. The van der Waals surface area contributed by atoms with Crippen molar-refractivity contribution in [2.45, 2.75) is 33.1 Å². The predicted molar refractivity (Wildman–Crippen MR) is 72.4 cm³/mol. The smallest absolute Gasteiger partial charge is 0.226 e. The monoisotopic (exact) mass is 260 g/mol. The van der Waals surface area contributed by atoms with E-state index in [1.807, 2.05) is 0 Å². The number of carbonyl (C=O) groups excluding carboxylic acids is 1. The van der Waals surface area contributed by atoms with Crippen molar-refractivity contribution in [1.29, 1.82) is 0 Å². The van der Waals surface area contributed by atoms with Gasteiger partial charge in [-0.15, -0.1) is 12.4 Å². The minimum absolute atomic E-state index is 0. The summed E-state index contributed by atoms with van der Waals surface area (Å²) < 4.78 is 0. The van der Waals surface area contributed by atoms with E-state index in [2.05, 4.69) is 24.1 Å². The summed E-state index contributed by atoms with van der Waals surface area (Å²) in [6, 6.07) is 0. The second-order valence-electron chi connectivity index (χ2n) is 5.73. The van der Waals surface area contributed by atoms with E-state index in [1.54, 1.807) is 0 Å². The van der Waals surface area contributed by atoms with Crippen LogP contribution in [0.3, 0.4) is 0 Å². The quantitative estimate of drug-likeness (QED) is 0.781. The first kappa shape index (κ1) is 14.8. The lowest BCUT2D eigenvalue weighted by molar-refractivity contribution is -0.138. The predicted octanol–water partition coefficient (Wildman–Crippen LogP) is 1.91. The average Bonchev–Trinajstić information content (AvgIpc) is 2.28. The Kier molecular flexibility index (Phi) is 5.74. The van der Waals surface area contributed by atoms with Crippen molar-refractivity contribution < 1.29 is 4.79 Å². The largest absolute Gasteiger partial charge is 0.342 e. The van der Waals surface area contributed by atoms with Crippen LogP contribution in [-0.2, 0) is 4.79 Å². The molecule has 4 heteroatoms. The summed E-state index contributed by atoms with van der Waals surface area (Å²) in [7, 11) is 0. The van der Waals surface area contributed by atoms with Gasteiger partial charge in [-0.2, -0.15) is 0 Å². The highest BCUT2D eigenvalue weighted by Gasteiger charge is 2.30. The fourth-order valence-corrected chi connectivity index (χ4v) is 3.16. The molecule has 1 N–H and O–H groups in total. The van der Waals surface area contributed by atoms with Gasteiger partial charge in [0.2, 0.25) is 5.91 Å². The fraction of sp³-hybridized carbons (Fsp3) is 0.923. The average molecular weight is 261 g/mol. The Balaban J connectivity index is 0.00000144. The van der Waals surface area contributed by atoms with E-state index in [0.29, 0.717) is 17.7 Å². The zero-order valence-electron chi connectivity index (χ0n) is 10.9. The Labute approximate surface area is 111 Å². The van der Waals surface area contributed by atoms with E-state index in [9.17, 15) is 4.79 Å². The van der Waals surface area contributed by atoms with Crippen molar-refractivity contribution in [3.63, 3.8) is 0 Å². The maximum absolute atomic E-state index is 12.3. The zero-order chi connectivity index (χ0) is 11.5. The number of hydrogen-bond acceptors (Lipinski definition) is 2. The second-order valence-corrected chi connectivity index (χ2v) is 5.73. The minimum Gasteiger partial charge on any atom is -0.342 e. The van der Waals surface area contributed by atoms with Crippen molar-refractivity contribution in [3.05, 3.63) is 0 Å². The molecule has 2 saturated heterocycles. The van der Waals surface area contributed by atoms with Gasteiger partial charge in [0.05, 0.1) is 5.92 Å². The summed E-state index contributed by atoms with van der Waals surface area (Å²) in [4.78, 5) is 14.4. The van der Waals surface area contributed by atoms with Crippen LogP contribution in [0.5, 0.6) is 0 Å². The number of amides is 1. The van der Waals surface area contributed by atoms with Crippen LogP contribution in [0, 0.1) is 17.8 Å². The Bertz CT molecular complexity index is 244. The van der Waals surface area contributed by atoms with Crippen molar-refractivity contribution in [3.8, 4) is 0 Å². The Morgan fingerprint density at radius 3 is 2.41 bits per heavy atom. The Morgan fingerprint density at radius 2 is 1.88 bits per heavy atom. The van der Waals surface area contributed by atoms with Gasteiger partial charge < -0.3 is 10.2 Å². The van der Waals surface area contributed by atoms with E-state index >= 15 is 0 Å². The van der Waals surface area contributed by atoms with Gasteiger partial charge in [-0.25, -0.2) is 0 Å². The van der Waals surface area contributed by atoms with E-state index in [4.69, 9.17) is 0 Å². The number of nitrogens with one attached hydrogen (secondary N) is 1. The van der Waals surface area contributed by atoms with E-state index in [1.165, 1.54) is 6.42 Å². The van der Waals surface area contributed by atoms with Crippen LogP contribution >= 0.6 is 12.4 Å². The van der Waals surface area contributed by atoms with Gasteiger partial charge in [-0.3, -0.25) is 4.79 Å². The number of hydrogen-bond donors (Lipinski definition) is 1. The molecule has 100 valence electrons. The molecule has 2 heterocycles. The first-order valence-corrected chi connectivity index (χ1v) is 6.66. The summed E-state index contributed by atoms with van der Waals surface area (Å²) >= 11 is 0. The molecule has 2 aliphatic rings. The molecular weight excluding hydrogens is 236 g/mol. The second kappa shape index (κ2) is 6.60. The Morgan fingerprint density at radius 1 is 1.24 bits per heavy atom. The van der Waals surface area contributed by atoms with Gasteiger partial charge in [0.1, 0.15) is 0 Å². The molecule has 17 heavy (non-hydrogen) atoms. The van der Waals surface area contributed by atoms with Gasteiger partial charge in [0.15, 0.2) is 0 Å². The third kappa shape index (κ3) is 3.85. The highest BCUT2D eigenvalue weighted by Crippen LogP contribution is 2.23. The van der Waals surface area contributed by atoms with Crippen LogP contribution in [0.15, 0.2) is 0 Å². The molecule has 2 unspecified atom stereocenters. The van der Waals surface area contributed by atoms with Crippen LogP contribution in [0.2, 0.25) is 0 Å². The molecule has 2 aliphatic heterocycles. The lowest BCUT2D eigenvalue weighted by Crippen LogP contribution is -2.48. The summed E-state index contributed by atoms with van der Waals surface area (Å²) in [5.41, 5.74) is 0. The van der Waals surface area contributed by atoms with Crippen LogP contribution < -0.4 is 5.32 Å². The number of likely N-dealkylation sites (tertiary alicyclic amines) is 1. The summed E-state index contributed by atoms with van der Waals surface area (Å²) in [5.74, 6) is 1.98. The number of piperidine rings is 2. The van der Waals surface area contributed by atoms with Crippen LogP contribution in [0.1, 0.15) is 33.1 Å². The van der Waals surface area contributed by atoms with Crippen LogP contribution in [0.25, 0.3) is 0 Å². The summed E-state index contributed by atoms with van der Waals surface area (Å²) in [6.07, 6.45) is 3.49. The lowest BCUT2D eigenvalue weighted by atomic mass is 9.90. The molecule has 0 aromatic rings. The van der Waals surface area contributed by atoms with E-state index in [-0.39, 0.29) is 18.3 Å². The van der Waals surface area contributed by atoms with Crippen LogP contribution in [0.4, 0.5) is 0 Å². The van der Waals surface area contributed by atoms with Crippen molar-refractivity contribution in [2.75, 3.05) is 26.2 Å². The molecule has 2 rings (SSSR count). The third-order valence-corrected chi connectivity index (χ3v) is 3.83. The van der Waals surface area contributed by atoms with Gasteiger partial charge in [0.25, 0.3) is 0 Å². The van der Waals surface area contributed by atoms with Crippen molar-refractivity contribution in [2.24, 2.45) is 17.8 Å². The first-order valence-electron chi connectivity index (χ1n) is 6.66. The molecular formula is C13H25ClN2O. The molecule has 3 atom stereocenters. The van der Waals surface area contributed by atoms with Gasteiger partial charge >= 0.3 is 0 Å². The highest BCUT2D eigenvalue weighted by atomic mass is 35.5. The number of nitrogens with zero attached hydrogens (tertiary/aromatic N) is 1. The van der Waals surface area contributed by atoms with Gasteiger partial charge in [-0.05, 0) is 37.6 Å². The summed E-state index contributed by atoms with van der Waals surface area (Å²) in [6.45, 7) is 8.43. The number of halogens is 1. The molecule has 0 radical (unpaired) electrons.